The number of anilines is 1. The lowest BCUT2D eigenvalue weighted by Gasteiger charge is -2.15. The van der Waals surface area contributed by atoms with Crippen LogP contribution in [0.25, 0.3) is 0 Å². The number of carbonyl (C=O) groups excluding carboxylic acids is 3. The molecule has 2 N–H and O–H groups in total. The van der Waals surface area contributed by atoms with Crippen LogP contribution in [0, 0.1) is 43.3 Å². The lowest BCUT2D eigenvalue weighted by atomic mass is 10.0. The van der Waals surface area contributed by atoms with Crippen LogP contribution in [0.5, 0.6) is 0 Å². The van der Waals surface area contributed by atoms with Crippen LogP contribution in [0.1, 0.15) is 37.7 Å². The Morgan fingerprint density at radius 1 is 1.22 bits per heavy atom. The van der Waals surface area contributed by atoms with Crippen LogP contribution in [0.3, 0.4) is 0 Å². The van der Waals surface area contributed by atoms with Gasteiger partial charge in [-0.3, -0.25) is 14.4 Å². The summed E-state index contributed by atoms with van der Waals surface area (Å²) >= 11 is 0. The van der Waals surface area contributed by atoms with Gasteiger partial charge in [0.15, 0.2) is 6.04 Å². The predicted octanol–water partition coefficient (Wildman–Crippen LogP) is 2.77. The van der Waals surface area contributed by atoms with Gasteiger partial charge in [0.2, 0.25) is 0 Å². The molecule has 2 aromatic rings. The highest BCUT2D eigenvalue weighted by Crippen LogP contribution is 2.24. The Kier molecular flexibility index (Phi) is 6.75. The normalized spacial score (nSPS) is 11.8. The Morgan fingerprint density at radius 2 is 1.84 bits per heavy atom. The first kappa shape index (κ1) is 24.2. The molecule has 0 aliphatic carbocycles. The zero-order valence-corrected chi connectivity index (χ0v) is 17.0. The second kappa shape index (κ2) is 8.94. The topological polar surface area (TPSA) is 104 Å². The molecule has 1 aromatic heterocycles. The number of ketones is 1. The molecule has 0 radical (unpaired) electrons. The Labute approximate surface area is 180 Å². The maximum absolute atomic E-state index is 13.5. The number of carbonyl (C=O) groups is 3. The minimum Gasteiger partial charge on any atom is -0.343 e. The quantitative estimate of drug-likeness (QED) is 0.318. The van der Waals surface area contributed by atoms with Crippen LogP contribution in [0.2, 0.25) is 0 Å². The van der Waals surface area contributed by atoms with Gasteiger partial charge in [-0.1, -0.05) is 5.92 Å². The second-order valence-electron chi connectivity index (χ2n) is 6.70. The number of halogens is 4. The molecule has 0 aliphatic rings. The fourth-order valence-electron chi connectivity index (χ4n) is 3.04. The molecule has 11 heteroatoms. The highest BCUT2D eigenvalue weighted by molar-refractivity contribution is 6.43. The molecule has 0 fully saturated rings. The summed E-state index contributed by atoms with van der Waals surface area (Å²) in [5.74, 6) is -3.05. The smallest absolute Gasteiger partial charge is 0.343 e. The van der Waals surface area contributed by atoms with E-state index in [-0.39, 0.29) is 33.8 Å². The van der Waals surface area contributed by atoms with Crippen molar-refractivity contribution in [3.8, 4) is 18.4 Å². The van der Waals surface area contributed by atoms with Crippen LogP contribution in [-0.4, -0.2) is 34.4 Å². The van der Waals surface area contributed by atoms with Crippen LogP contribution in [0.15, 0.2) is 18.2 Å². The van der Waals surface area contributed by atoms with E-state index in [4.69, 9.17) is 11.7 Å². The molecule has 0 spiro atoms. The summed E-state index contributed by atoms with van der Waals surface area (Å²) in [5.41, 5.74) is -0.346. The number of amides is 2. The largest absolute Gasteiger partial charge is 0.420 e. The molecule has 1 atom stereocenters. The maximum Gasteiger partial charge on any atom is 0.420 e. The van der Waals surface area contributed by atoms with Crippen LogP contribution >= 0.6 is 0 Å². The van der Waals surface area contributed by atoms with Crippen LogP contribution in [0.4, 0.5) is 23.2 Å². The van der Waals surface area contributed by atoms with E-state index in [1.165, 1.54) is 42.8 Å². The fraction of sp³-hybridized carbons (Fsp3) is 0.238. The fourth-order valence-corrected chi connectivity index (χ4v) is 3.04. The van der Waals surface area contributed by atoms with E-state index < -0.39 is 35.6 Å². The molecule has 32 heavy (non-hydrogen) atoms. The SMILES string of the molecule is C#C[C@@H](NC(=O)C(=O)c1c(C)c(C(=O)Nc2ccc(F)c(C#N)c2)n(C)c1C)C(F)(F)F. The number of alkyl halides is 3. The molecular formula is C21H16F4N4O3. The molecule has 166 valence electrons. The van der Waals surface area contributed by atoms with Gasteiger partial charge in [-0.2, -0.15) is 18.4 Å². The Hall–Kier alpha value is -4.12. The number of nitriles is 1. The van der Waals surface area contributed by atoms with Crippen molar-refractivity contribution in [3.63, 3.8) is 0 Å². The molecule has 1 heterocycles. The van der Waals surface area contributed by atoms with E-state index in [9.17, 15) is 31.9 Å². The molecule has 0 unspecified atom stereocenters. The van der Waals surface area contributed by atoms with E-state index in [1.807, 2.05) is 0 Å². The maximum atomic E-state index is 13.5. The number of nitrogens with zero attached hydrogens (tertiary/aromatic N) is 2. The van der Waals surface area contributed by atoms with Crippen molar-refractivity contribution in [3.05, 3.63) is 52.1 Å². The van der Waals surface area contributed by atoms with Gasteiger partial charge in [-0.05, 0) is 37.6 Å². The van der Waals surface area contributed by atoms with Gasteiger partial charge in [0.25, 0.3) is 17.6 Å². The van der Waals surface area contributed by atoms with Crippen molar-refractivity contribution >= 4 is 23.3 Å². The molecule has 1 aromatic carbocycles. The van der Waals surface area contributed by atoms with Gasteiger partial charge in [0.05, 0.1) is 11.1 Å². The van der Waals surface area contributed by atoms with Gasteiger partial charge in [-0.15, -0.1) is 6.42 Å². The predicted molar refractivity (Wildman–Crippen MR) is 105 cm³/mol. The third kappa shape index (κ3) is 4.62. The Morgan fingerprint density at radius 3 is 2.38 bits per heavy atom. The number of hydrogen-bond donors (Lipinski definition) is 2. The Bertz CT molecular complexity index is 1200. The van der Waals surface area contributed by atoms with Gasteiger partial charge < -0.3 is 15.2 Å². The van der Waals surface area contributed by atoms with Gasteiger partial charge in [-0.25, -0.2) is 4.39 Å². The first-order chi connectivity index (χ1) is 14.8. The Balaban J connectivity index is 2.37. The van der Waals surface area contributed by atoms with Crippen molar-refractivity contribution < 1.29 is 31.9 Å². The number of nitrogens with one attached hydrogen (secondary N) is 2. The van der Waals surface area contributed by atoms with E-state index in [2.05, 4.69) is 5.32 Å². The van der Waals surface area contributed by atoms with Crippen molar-refractivity contribution in [1.29, 1.82) is 5.26 Å². The average Bonchev–Trinajstić information content (AvgIpc) is 2.94. The molecular weight excluding hydrogens is 432 g/mol. The minimum absolute atomic E-state index is 0.0366. The monoisotopic (exact) mass is 448 g/mol. The summed E-state index contributed by atoms with van der Waals surface area (Å²) in [4.78, 5) is 37.4. The first-order valence-electron chi connectivity index (χ1n) is 8.88. The minimum atomic E-state index is -4.95. The standard InChI is InChI=1S/C21H16F4N4O3/c1-5-15(21(23,24)25)28-20(32)18(30)16-10(2)17(29(4)11(16)3)19(31)27-13-6-7-14(22)12(8-13)9-26/h1,6-8,15H,2-4H3,(H,27,31)(H,28,32)/t15-/m1/s1. The third-order valence-corrected chi connectivity index (χ3v) is 4.69. The average molecular weight is 448 g/mol. The van der Waals surface area contributed by atoms with Gasteiger partial charge in [0, 0.05) is 18.4 Å². The summed E-state index contributed by atoms with van der Waals surface area (Å²) in [7, 11) is 1.41. The first-order valence-corrected chi connectivity index (χ1v) is 8.88. The molecule has 2 rings (SSSR count). The summed E-state index contributed by atoms with van der Waals surface area (Å²) in [6.45, 7) is 2.74. The van der Waals surface area contributed by atoms with Crippen LogP contribution in [-0.2, 0) is 11.8 Å². The molecule has 2 amide bonds. The van der Waals surface area contributed by atoms with Crippen molar-refractivity contribution in [2.24, 2.45) is 7.05 Å². The number of rotatable bonds is 5. The number of Topliss-reactive ketones (excluding diaryl/α,β-unsaturated/α-hetero) is 1. The number of aromatic nitrogens is 1. The van der Waals surface area contributed by atoms with Crippen molar-refractivity contribution in [2.75, 3.05) is 5.32 Å². The lowest BCUT2D eigenvalue weighted by molar-refractivity contribution is -0.148. The van der Waals surface area contributed by atoms with Gasteiger partial charge in [0.1, 0.15) is 17.6 Å². The highest BCUT2D eigenvalue weighted by atomic mass is 19.4. The summed E-state index contributed by atoms with van der Waals surface area (Å²) < 4.78 is 53.1. The molecule has 0 bridgehead atoms. The van der Waals surface area contributed by atoms with Crippen molar-refractivity contribution in [1.82, 2.24) is 9.88 Å². The van der Waals surface area contributed by atoms with E-state index >= 15 is 0 Å². The highest BCUT2D eigenvalue weighted by Gasteiger charge is 2.41. The lowest BCUT2D eigenvalue weighted by Crippen LogP contribution is -2.47. The van der Waals surface area contributed by atoms with Crippen molar-refractivity contribution in [2.45, 2.75) is 26.1 Å². The second-order valence-corrected chi connectivity index (χ2v) is 6.70. The molecule has 0 saturated heterocycles. The summed E-state index contributed by atoms with van der Waals surface area (Å²) in [6.07, 6.45) is -0.170. The summed E-state index contributed by atoms with van der Waals surface area (Å²) in [5, 5.41) is 12.8. The molecule has 0 saturated carbocycles. The van der Waals surface area contributed by atoms with E-state index in [0.717, 1.165) is 12.1 Å². The van der Waals surface area contributed by atoms with Crippen LogP contribution < -0.4 is 10.6 Å². The van der Waals surface area contributed by atoms with E-state index in [0.29, 0.717) is 0 Å². The van der Waals surface area contributed by atoms with E-state index in [1.54, 1.807) is 6.07 Å². The number of benzene rings is 1. The number of terminal acetylenes is 1. The number of hydrogen-bond acceptors (Lipinski definition) is 4. The third-order valence-electron chi connectivity index (χ3n) is 4.69. The zero-order chi connectivity index (χ0) is 24.4. The zero-order valence-electron chi connectivity index (χ0n) is 17.0. The summed E-state index contributed by atoms with van der Waals surface area (Å²) in [6, 6.07) is 2.28. The van der Waals surface area contributed by atoms with Gasteiger partial charge >= 0.3 is 6.18 Å². The molecule has 0 aliphatic heterocycles. The molecule has 7 nitrogen and oxygen atoms in total.